The molecule has 1 fully saturated rings. The van der Waals surface area contributed by atoms with E-state index in [0.717, 1.165) is 36.6 Å². The molecule has 2 aromatic rings. The molecule has 7 heteroatoms. The molecule has 0 bridgehead atoms. The number of rotatable bonds is 4. The molecule has 0 spiro atoms. The minimum atomic E-state index is -0.00843. The lowest BCUT2D eigenvalue weighted by molar-refractivity contribution is -0.130. The van der Waals surface area contributed by atoms with Crippen LogP contribution in [0.5, 0.6) is 0 Å². The number of amides is 1. The van der Waals surface area contributed by atoms with Gasteiger partial charge in [-0.2, -0.15) is 0 Å². The van der Waals surface area contributed by atoms with Gasteiger partial charge in [-0.15, -0.1) is 0 Å². The highest BCUT2D eigenvalue weighted by atomic mass is 16.2. The van der Waals surface area contributed by atoms with Crippen molar-refractivity contribution in [1.82, 2.24) is 19.9 Å². The van der Waals surface area contributed by atoms with Gasteiger partial charge in [0.1, 0.15) is 11.6 Å². The second kappa shape index (κ2) is 7.35. The largest absolute Gasteiger partial charge is 0.341 e. The third-order valence-corrected chi connectivity index (χ3v) is 4.16. The Morgan fingerprint density at radius 1 is 1.33 bits per heavy atom. The van der Waals surface area contributed by atoms with Gasteiger partial charge in [0.25, 0.3) is 0 Å². The molecule has 0 radical (unpaired) electrons. The summed E-state index contributed by atoms with van der Waals surface area (Å²) in [5.41, 5.74) is 7.30. The standard InChI is InChI=1S/C17H22N6O/c1-12-4-2-6-15(20-12)22-16-10-19-9-14(21-16)13-5-3-7-23(11-13)17(24)8-18/h2,4,6,9-10,13H,3,5,7-8,11,18H2,1H3,(H,20,21,22). The molecule has 1 unspecified atom stereocenters. The van der Waals surface area contributed by atoms with Gasteiger partial charge in [-0.3, -0.25) is 9.78 Å². The van der Waals surface area contributed by atoms with E-state index in [4.69, 9.17) is 5.73 Å². The summed E-state index contributed by atoms with van der Waals surface area (Å²) in [5, 5.41) is 3.18. The summed E-state index contributed by atoms with van der Waals surface area (Å²) in [6.07, 6.45) is 5.40. The smallest absolute Gasteiger partial charge is 0.236 e. The van der Waals surface area contributed by atoms with Gasteiger partial charge in [0.15, 0.2) is 0 Å². The van der Waals surface area contributed by atoms with E-state index in [1.165, 1.54) is 0 Å². The monoisotopic (exact) mass is 326 g/mol. The highest BCUT2D eigenvalue weighted by molar-refractivity contribution is 5.78. The number of nitrogens with zero attached hydrogens (tertiary/aromatic N) is 4. The van der Waals surface area contributed by atoms with Crippen LogP contribution in [0.2, 0.25) is 0 Å². The molecular formula is C17H22N6O. The molecule has 3 rings (SSSR count). The maximum atomic E-state index is 11.8. The number of nitrogens with two attached hydrogens (primary N) is 1. The molecule has 1 saturated heterocycles. The number of likely N-dealkylation sites (tertiary alicyclic amines) is 1. The molecule has 0 saturated carbocycles. The van der Waals surface area contributed by atoms with Gasteiger partial charge in [-0.05, 0) is 31.9 Å². The first kappa shape index (κ1) is 16.3. The number of aryl methyl sites for hydroxylation is 1. The van der Waals surface area contributed by atoms with E-state index in [1.807, 2.05) is 30.0 Å². The van der Waals surface area contributed by atoms with Crippen LogP contribution in [0.4, 0.5) is 11.6 Å². The lowest BCUT2D eigenvalue weighted by Crippen LogP contribution is -2.42. The maximum Gasteiger partial charge on any atom is 0.236 e. The molecule has 2 aromatic heterocycles. The van der Waals surface area contributed by atoms with Crippen LogP contribution in [0.15, 0.2) is 30.6 Å². The molecule has 3 N–H and O–H groups in total. The van der Waals surface area contributed by atoms with Crippen molar-refractivity contribution < 1.29 is 4.79 Å². The second-order valence-corrected chi connectivity index (χ2v) is 6.00. The van der Waals surface area contributed by atoms with Gasteiger partial charge in [-0.25, -0.2) is 9.97 Å². The van der Waals surface area contributed by atoms with Gasteiger partial charge in [-0.1, -0.05) is 6.07 Å². The third kappa shape index (κ3) is 3.86. The first-order valence-electron chi connectivity index (χ1n) is 8.16. The molecule has 1 amide bonds. The average Bonchev–Trinajstić information content (AvgIpc) is 2.61. The van der Waals surface area contributed by atoms with Gasteiger partial charge in [0.05, 0.1) is 18.4 Å². The van der Waals surface area contributed by atoms with E-state index in [0.29, 0.717) is 12.4 Å². The van der Waals surface area contributed by atoms with Gasteiger partial charge < -0.3 is 16.0 Å². The van der Waals surface area contributed by atoms with Crippen molar-refractivity contribution in [3.63, 3.8) is 0 Å². The summed E-state index contributed by atoms with van der Waals surface area (Å²) in [5.74, 6) is 1.58. The van der Waals surface area contributed by atoms with E-state index in [2.05, 4.69) is 20.3 Å². The Bertz CT molecular complexity index is 720. The molecule has 3 heterocycles. The van der Waals surface area contributed by atoms with Crippen LogP contribution >= 0.6 is 0 Å². The van der Waals surface area contributed by atoms with Gasteiger partial charge >= 0.3 is 0 Å². The molecule has 1 aliphatic rings. The van der Waals surface area contributed by atoms with E-state index in [-0.39, 0.29) is 18.4 Å². The molecule has 24 heavy (non-hydrogen) atoms. The molecule has 7 nitrogen and oxygen atoms in total. The van der Waals surface area contributed by atoms with Crippen molar-refractivity contribution in [3.05, 3.63) is 42.0 Å². The van der Waals surface area contributed by atoms with Crippen molar-refractivity contribution in [2.45, 2.75) is 25.7 Å². The Morgan fingerprint density at radius 3 is 3.00 bits per heavy atom. The Hall–Kier alpha value is -2.54. The first-order valence-corrected chi connectivity index (χ1v) is 8.16. The maximum absolute atomic E-state index is 11.8. The predicted molar refractivity (Wildman–Crippen MR) is 91.9 cm³/mol. The molecule has 1 aliphatic heterocycles. The van der Waals surface area contributed by atoms with Crippen molar-refractivity contribution in [2.75, 3.05) is 25.0 Å². The zero-order valence-electron chi connectivity index (χ0n) is 13.8. The fraction of sp³-hybridized carbons (Fsp3) is 0.412. The lowest BCUT2D eigenvalue weighted by Gasteiger charge is -2.32. The van der Waals surface area contributed by atoms with Crippen LogP contribution in [0.25, 0.3) is 0 Å². The SMILES string of the molecule is Cc1cccc(Nc2cncc(C3CCCN(C(=O)CN)C3)n2)n1. The summed E-state index contributed by atoms with van der Waals surface area (Å²) >= 11 is 0. The molecule has 1 atom stereocenters. The van der Waals surface area contributed by atoms with Crippen molar-refractivity contribution in [3.8, 4) is 0 Å². The van der Waals surface area contributed by atoms with E-state index >= 15 is 0 Å². The summed E-state index contributed by atoms with van der Waals surface area (Å²) in [6.45, 7) is 3.42. The highest BCUT2D eigenvalue weighted by Crippen LogP contribution is 2.26. The molecule has 126 valence electrons. The fourth-order valence-electron chi connectivity index (χ4n) is 2.96. The number of aromatic nitrogens is 3. The summed E-state index contributed by atoms with van der Waals surface area (Å²) in [7, 11) is 0. The Balaban J connectivity index is 1.74. The molecule has 0 aliphatic carbocycles. The Labute approximate surface area is 141 Å². The van der Waals surface area contributed by atoms with Crippen LogP contribution in [-0.4, -0.2) is 45.4 Å². The Morgan fingerprint density at radius 2 is 2.21 bits per heavy atom. The van der Waals surface area contributed by atoms with Crippen molar-refractivity contribution in [1.29, 1.82) is 0 Å². The van der Waals surface area contributed by atoms with Crippen molar-refractivity contribution >= 4 is 17.5 Å². The van der Waals surface area contributed by atoms with E-state index < -0.39 is 0 Å². The zero-order chi connectivity index (χ0) is 16.9. The van der Waals surface area contributed by atoms with Crippen LogP contribution in [-0.2, 0) is 4.79 Å². The van der Waals surface area contributed by atoms with Gasteiger partial charge in [0, 0.05) is 30.9 Å². The van der Waals surface area contributed by atoms with Gasteiger partial charge in [0.2, 0.25) is 5.91 Å². The van der Waals surface area contributed by atoms with Crippen molar-refractivity contribution in [2.24, 2.45) is 5.73 Å². The number of carbonyl (C=O) groups is 1. The lowest BCUT2D eigenvalue weighted by atomic mass is 9.95. The highest BCUT2D eigenvalue weighted by Gasteiger charge is 2.25. The third-order valence-electron chi connectivity index (χ3n) is 4.16. The van der Waals surface area contributed by atoms with E-state index in [9.17, 15) is 4.79 Å². The minimum absolute atomic E-state index is 0.00843. The van der Waals surface area contributed by atoms with Crippen LogP contribution < -0.4 is 11.1 Å². The number of anilines is 2. The quantitative estimate of drug-likeness (QED) is 0.885. The molecular weight excluding hydrogens is 304 g/mol. The zero-order valence-corrected chi connectivity index (χ0v) is 13.8. The topological polar surface area (TPSA) is 97.0 Å². The summed E-state index contributed by atoms with van der Waals surface area (Å²) in [6, 6.07) is 5.78. The first-order chi connectivity index (χ1) is 11.7. The fourth-order valence-corrected chi connectivity index (χ4v) is 2.96. The second-order valence-electron chi connectivity index (χ2n) is 6.00. The predicted octanol–water partition coefficient (Wildman–Crippen LogP) is 1.59. The Kier molecular flexibility index (Phi) is 5.00. The number of nitrogens with one attached hydrogen (secondary N) is 1. The minimum Gasteiger partial charge on any atom is -0.341 e. The number of hydrogen-bond acceptors (Lipinski definition) is 6. The van der Waals surface area contributed by atoms with E-state index in [1.54, 1.807) is 12.4 Å². The average molecular weight is 326 g/mol. The van der Waals surface area contributed by atoms with Crippen LogP contribution in [0.1, 0.15) is 30.1 Å². The summed E-state index contributed by atoms with van der Waals surface area (Å²) < 4.78 is 0. The summed E-state index contributed by atoms with van der Waals surface area (Å²) in [4.78, 5) is 27.0. The number of carbonyl (C=O) groups excluding carboxylic acids is 1. The number of hydrogen-bond donors (Lipinski definition) is 2. The number of pyridine rings is 1. The number of piperidine rings is 1. The van der Waals surface area contributed by atoms with Crippen LogP contribution in [0, 0.1) is 6.92 Å². The van der Waals surface area contributed by atoms with Crippen LogP contribution in [0.3, 0.4) is 0 Å². The molecule has 0 aromatic carbocycles. The normalized spacial score (nSPS) is 17.6.